The molecule has 0 N–H and O–H groups in total. The lowest BCUT2D eigenvalue weighted by Gasteiger charge is -2.35. The number of sulfonamides is 1. The second kappa shape index (κ2) is 7.99. The molecule has 6 nitrogen and oxygen atoms in total. The van der Waals surface area contributed by atoms with Crippen LogP contribution in [0.3, 0.4) is 0 Å². The summed E-state index contributed by atoms with van der Waals surface area (Å²) in [6.07, 6.45) is 1.48. The molecule has 0 unspecified atom stereocenters. The zero-order valence-corrected chi connectivity index (χ0v) is 17.8. The minimum atomic E-state index is -3.37. The molecule has 0 atom stereocenters. The zero-order valence-electron chi connectivity index (χ0n) is 16.9. The van der Waals surface area contributed by atoms with Crippen molar-refractivity contribution < 1.29 is 17.6 Å². The first kappa shape index (κ1) is 21.0. The fraction of sp³-hybridized carbons (Fsp3) is 0.650. The molecule has 2 fully saturated rings. The number of rotatable bonds is 3. The number of piperazine rings is 1. The van der Waals surface area contributed by atoms with Crippen molar-refractivity contribution in [2.24, 2.45) is 5.41 Å². The summed E-state index contributed by atoms with van der Waals surface area (Å²) in [4.78, 5) is 15.3. The van der Waals surface area contributed by atoms with Gasteiger partial charge in [0, 0.05) is 57.4 Å². The highest BCUT2D eigenvalue weighted by atomic mass is 32.2. The van der Waals surface area contributed by atoms with Crippen LogP contribution in [0.4, 0.5) is 10.1 Å². The number of anilines is 1. The number of carbonyl (C=O) groups excluding carboxylic acids is 1. The van der Waals surface area contributed by atoms with Gasteiger partial charge in [0.1, 0.15) is 5.82 Å². The lowest BCUT2D eigenvalue weighted by molar-refractivity contribution is -0.129. The Morgan fingerprint density at radius 2 is 1.86 bits per heavy atom. The van der Waals surface area contributed by atoms with E-state index in [1.165, 1.54) is 10.4 Å². The summed E-state index contributed by atoms with van der Waals surface area (Å²) in [5, 5.41) is 0. The summed E-state index contributed by atoms with van der Waals surface area (Å²) in [6, 6.07) is 5.02. The molecule has 0 saturated carbocycles. The molecule has 1 aromatic carbocycles. The number of carbonyl (C=O) groups is 1. The molecular formula is C20H30FN3O3S. The normalized spacial score (nSPS) is 22.7. The molecule has 0 aliphatic carbocycles. The first-order chi connectivity index (χ1) is 13.1. The zero-order chi connectivity index (χ0) is 20.5. The van der Waals surface area contributed by atoms with E-state index in [0.29, 0.717) is 44.7 Å². The molecule has 1 amide bonds. The van der Waals surface area contributed by atoms with E-state index in [1.807, 2.05) is 6.07 Å². The Morgan fingerprint density at radius 3 is 2.46 bits per heavy atom. The SMILES string of the molecule is CC(=O)N1CCN(c2ccc(CN3CC(C)(C)CCCS3(=O)=O)c(F)c2)CC1. The predicted molar refractivity (Wildman–Crippen MR) is 108 cm³/mol. The van der Waals surface area contributed by atoms with Crippen LogP contribution in [0.5, 0.6) is 0 Å². The molecule has 2 heterocycles. The summed E-state index contributed by atoms with van der Waals surface area (Å²) < 4.78 is 41.4. The van der Waals surface area contributed by atoms with Gasteiger partial charge >= 0.3 is 0 Å². The van der Waals surface area contributed by atoms with E-state index in [0.717, 1.165) is 12.1 Å². The number of hydrogen-bond acceptors (Lipinski definition) is 4. The van der Waals surface area contributed by atoms with Crippen LogP contribution in [0, 0.1) is 11.2 Å². The molecule has 0 bridgehead atoms. The lowest BCUT2D eigenvalue weighted by atomic mass is 9.88. The summed E-state index contributed by atoms with van der Waals surface area (Å²) in [5.74, 6) is -0.206. The molecule has 0 aromatic heterocycles. The van der Waals surface area contributed by atoms with Gasteiger partial charge in [-0.25, -0.2) is 12.8 Å². The molecule has 3 rings (SSSR count). The Hall–Kier alpha value is -1.67. The minimum Gasteiger partial charge on any atom is -0.368 e. The van der Waals surface area contributed by atoms with Crippen molar-refractivity contribution in [3.63, 3.8) is 0 Å². The van der Waals surface area contributed by atoms with Crippen molar-refractivity contribution in [1.82, 2.24) is 9.21 Å². The van der Waals surface area contributed by atoms with Crippen LogP contribution in [0.2, 0.25) is 0 Å². The predicted octanol–water partition coefficient (Wildman–Crippen LogP) is 2.45. The fourth-order valence-corrected chi connectivity index (χ4v) is 5.65. The van der Waals surface area contributed by atoms with Crippen molar-refractivity contribution in [3.8, 4) is 0 Å². The van der Waals surface area contributed by atoms with E-state index < -0.39 is 10.0 Å². The van der Waals surface area contributed by atoms with Crippen LogP contribution in [-0.2, 0) is 21.4 Å². The monoisotopic (exact) mass is 411 g/mol. The molecule has 0 radical (unpaired) electrons. The van der Waals surface area contributed by atoms with E-state index in [1.54, 1.807) is 17.9 Å². The fourth-order valence-electron chi connectivity index (χ4n) is 4.00. The lowest BCUT2D eigenvalue weighted by Crippen LogP contribution is -2.48. The molecule has 8 heteroatoms. The third-order valence-corrected chi connectivity index (χ3v) is 7.58. The van der Waals surface area contributed by atoms with Crippen molar-refractivity contribution in [1.29, 1.82) is 0 Å². The highest BCUT2D eigenvalue weighted by Crippen LogP contribution is 2.31. The summed E-state index contributed by atoms with van der Waals surface area (Å²) in [6.45, 7) is 8.71. The third kappa shape index (κ3) is 4.84. The van der Waals surface area contributed by atoms with Gasteiger partial charge in [0.25, 0.3) is 0 Å². The first-order valence-electron chi connectivity index (χ1n) is 9.84. The molecule has 28 heavy (non-hydrogen) atoms. The van der Waals surface area contributed by atoms with Gasteiger partial charge in [0.05, 0.1) is 5.75 Å². The van der Waals surface area contributed by atoms with E-state index in [4.69, 9.17) is 0 Å². The average Bonchev–Trinajstić information content (AvgIpc) is 2.71. The highest BCUT2D eigenvalue weighted by molar-refractivity contribution is 7.89. The Bertz CT molecular complexity index is 833. The highest BCUT2D eigenvalue weighted by Gasteiger charge is 2.33. The Balaban J connectivity index is 1.73. The molecule has 156 valence electrons. The van der Waals surface area contributed by atoms with Crippen LogP contribution in [0.15, 0.2) is 18.2 Å². The van der Waals surface area contributed by atoms with Crippen molar-refractivity contribution in [2.75, 3.05) is 43.4 Å². The van der Waals surface area contributed by atoms with Crippen LogP contribution in [0.25, 0.3) is 0 Å². The number of nitrogens with zero attached hydrogens (tertiary/aromatic N) is 3. The number of benzene rings is 1. The average molecular weight is 412 g/mol. The van der Waals surface area contributed by atoms with Crippen LogP contribution < -0.4 is 4.90 Å². The van der Waals surface area contributed by atoms with Gasteiger partial charge in [-0.05, 0) is 30.4 Å². The van der Waals surface area contributed by atoms with E-state index in [2.05, 4.69) is 18.7 Å². The van der Waals surface area contributed by atoms with Crippen molar-refractivity contribution in [3.05, 3.63) is 29.6 Å². The summed E-state index contributed by atoms with van der Waals surface area (Å²) in [7, 11) is -3.37. The van der Waals surface area contributed by atoms with Gasteiger partial charge in [-0.2, -0.15) is 4.31 Å². The first-order valence-corrected chi connectivity index (χ1v) is 11.5. The van der Waals surface area contributed by atoms with Crippen LogP contribution >= 0.6 is 0 Å². The van der Waals surface area contributed by atoms with Gasteiger partial charge < -0.3 is 9.80 Å². The van der Waals surface area contributed by atoms with Gasteiger partial charge in [-0.15, -0.1) is 0 Å². The topological polar surface area (TPSA) is 60.9 Å². The maximum atomic E-state index is 14.8. The molecule has 2 aliphatic heterocycles. The Labute approximate surface area is 167 Å². The van der Waals surface area contributed by atoms with Gasteiger partial charge in [-0.3, -0.25) is 4.79 Å². The largest absolute Gasteiger partial charge is 0.368 e. The molecule has 2 aliphatic rings. The quantitative estimate of drug-likeness (QED) is 0.767. The van der Waals surface area contributed by atoms with E-state index in [9.17, 15) is 17.6 Å². The third-order valence-electron chi connectivity index (χ3n) is 5.73. The number of halogens is 1. The second-order valence-corrected chi connectivity index (χ2v) is 10.7. The van der Waals surface area contributed by atoms with E-state index >= 15 is 0 Å². The van der Waals surface area contributed by atoms with Crippen molar-refractivity contribution >= 4 is 21.6 Å². The number of amides is 1. The minimum absolute atomic E-state index is 0.0581. The smallest absolute Gasteiger partial charge is 0.219 e. The maximum absolute atomic E-state index is 14.8. The maximum Gasteiger partial charge on any atom is 0.219 e. The van der Waals surface area contributed by atoms with Crippen LogP contribution in [0.1, 0.15) is 39.2 Å². The Kier molecular flexibility index (Phi) is 6.00. The summed E-state index contributed by atoms with van der Waals surface area (Å²) in [5.41, 5.74) is 1.05. The van der Waals surface area contributed by atoms with Gasteiger partial charge in [-0.1, -0.05) is 19.9 Å². The Morgan fingerprint density at radius 1 is 1.18 bits per heavy atom. The second-order valence-electron chi connectivity index (χ2n) is 8.62. The number of hydrogen-bond donors (Lipinski definition) is 0. The van der Waals surface area contributed by atoms with E-state index in [-0.39, 0.29) is 29.4 Å². The molecule has 0 spiro atoms. The van der Waals surface area contributed by atoms with Gasteiger partial charge in [0.15, 0.2) is 0 Å². The molecule has 1 aromatic rings. The summed E-state index contributed by atoms with van der Waals surface area (Å²) >= 11 is 0. The van der Waals surface area contributed by atoms with Gasteiger partial charge in [0.2, 0.25) is 15.9 Å². The van der Waals surface area contributed by atoms with Crippen LogP contribution in [-0.4, -0.2) is 62.0 Å². The molecule has 2 saturated heterocycles. The standard InChI is InChI=1S/C20H30FN3O3S/c1-16(25)22-8-10-23(11-9-22)18-6-5-17(19(21)13-18)14-24-15-20(2,3)7-4-12-28(24,26)27/h5-6,13H,4,7-12,14-15H2,1-3H3. The molecular weight excluding hydrogens is 381 g/mol. The van der Waals surface area contributed by atoms with Crippen molar-refractivity contribution in [2.45, 2.75) is 40.2 Å².